The molecule has 0 saturated heterocycles. The molecule has 1 N–H and O–H groups in total. The van der Waals surface area contributed by atoms with Gasteiger partial charge < -0.3 is 15.2 Å². The number of rotatable bonds is 4. The molecule has 2 aromatic rings. The fourth-order valence-electron chi connectivity index (χ4n) is 2.88. The van der Waals surface area contributed by atoms with Gasteiger partial charge in [0.2, 0.25) is 5.91 Å². The fraction of sp³-hybridized carbons (Fsp3) is 0.294. The molecule has 0 spiro atoms. The van der Waals surface area contributed by atoms with Crippen LogP contribution in [0.25, 0.3) is 11.3 Å². The number of nitriles is 1. The Labute approximate surface area is 171 Å². The summed E-state index contributed by atoms with van der Waals surface area (Å²) < 4.78 is 0. The molecule has 1 saturated carbocycles. The van der Waals surface area contributed by atoms with E-state index in [-0.39, 0.29) is 47.8 Å². The standard InChI is InChI=1S/C17H15N3O3S.Na/c18-9-13-14(10-4-2-1-3-5-10)19-17(24-13)20-15(21)11-6-7-12(8-11)16(22)23;/h1-5,11-12H,6-8H2,(H,22,23)(H,19,20,21);/q;+1/p-1/t11-,12+;/m0./s1. The van der Waals surface area contributed by atoms with E-state index in [1.807, 2.05) is 30.3 Å². The summed E-state index contributed by atoms with van der Waals surface area (Å²) in [6, 6.07) is 11.4. The van der Waals surface area contributed by atoms with Gasteiger partial charge in [-0.05, 0) is 25.2 Å². The first kappa shape index (κ1) is 19.6. The largest absolute Gasteiger partial charge is 1.00 e. The van der Waals surface area contributed by atoms with Crippen LogP contribution in [0.15, 0.2) is 30.3 Å². The van der Waals surface area contributed by atoms with Crippen molar-refractivity contribution in [2.45, 2.75) is 19.3 Å². The number of carbonyl (C=O) groups excluding carboxylic acids is 2. The molecule has 1 aliphatic carbocycles. The number of carboxylic acids is 1. The van der Waals surface area contributed by atoms with Gasteiger partial charge >= 0.3 is 29.6 Å². The van der Waals surface area contributed by atoms with Crippen molar-refractivity contribution in [1.29, 1.82) is 5.26 Å². The van der Waals surface area contributed by atoms with Gasteiger partial charge in [0.15, 0.2) is 5.13 Å². The maximum absolute atomic E-state index is 12.3. The molecular formula is C17H14N3NaO3S. The zero-order chi connectivity index (χ0) is 17.1. The summed E-state index contributed by atoms with van der Waals surface area (Å²) in [5.41, 5.74) is 1.35. The van der Waals surface area contributed by atoms with Crippen molar-refractivity contribution in [3.8, 4) is 17.3 Å². The number of anilines is 1. The Bertz CT molecular complexity index is 816. The number of thiazole rings is 1. The topological polar surface area (TPSA) is 106 Å². The number of carboxylic acid groups (broad SMARTS) is 1. The van der Waals surface area contributed by atoms with Gasteiger partial charge in [-0.1, -0.05) is 41.7 Å². The first-order chi connectivity index (χ1) is 11.6. The van der Waals surface area contributed by atoms with Crippen molar-refractivity contribution in [1.82, 2.24) is 4.98 Å². The summed E-state index contributed by atoms with van der Waals surface area (Å²) in [7, 11) is 0. The molecule has 1 heterocycles. The number of aliphatic carboxylic acids is 1. The smallest absolute Gasteiger partial charge is 0.550 e. The third kappa shape index (κ3) is 4.47. The predicted molar refractivity (Wildman–Crippen MR) is 86.7 cm³/mol. The number of nitrogens with zero attached hydrogens (tertiary/aromatic N) is 2. The van der Waals surface area contributed by atoms with E-state index in [1.165, 1.54) is 0 Å². The molecule has 0 radical (unpaired) electrons. The van der Waals surface area contributed by atoms with Crippen LogP contribution in [-0.2, 0) is 9.59 Å². The molecule has 1 fully saturated rings. The second-order valence-corrected chi connectivity index (χ2v) is 6.69. The van der Waals surface area contributed by atoms with Gasteiger partial charge in [0.25, 0.3) is 0 Å². The molecule has 1 aliphatic rings. The molecule has 0 aliphatic heterocycles. The van der Waals surface area contributed by atoms with Crippen LogP contribution in [0.2, 0.25) is 0 Å². The van der Waals surface area contributed by atoms with E-state index < -0.39 is 11.9 Å². The summed E-state index contributed by atoms with van der Waals surface area (Å²) in [5, 5.41) is 23.2. The van der Waals surface area contributed by atoms with Gasteiger partial charge in [-0.3, -0.25) is 4.79 Å². The minimum Gasteiger partial charge on any atom is -0.550 e. The van der Waals surface area contributed by atoms with Crippen molar-refractivity contribution >= 4 is 28.3 Å². The van der Waals surface area contributed by atoms with E-state index in [1.54, 1.807) is 0 Å². The van der Waals surface area contributed by atoms with E-state index in [0.717, 1.165) is 16.9 Å². The fourth-order valence-corrected chi connectivity index (χ4v) is 3.67. The molecule has 1 aromatic carbocycles. The maximum Gasteiger partial charge on any atom is 1.00 e. The number of hydrogen-bond donors (Lipinski definition) is 1. The molecular weight excluding hydrogens is 349 g/mol. The molecule has 0 unspecified atom stereocenters. The maximum atomic E-state index is 12.3. The third-order valence-corrected chi connectivity index (χ3v) is 5.02. The molecule has 1 amide bonds. The van der Waals surface area contributed by atoms with Crippen LogP contribution in [0.5, 0.6) is 0 Å². The zero-order valence-corrected chi connectivity index (χ0v) is 16.5. The predicted octanol–water partition coefficient (Wildman–Crippen LogP) is -1.21. The van der Waals surface area contributed by atoms with Crippen LogP contribution in [0.3, 0.4) is 0 Å². The number of benzene rings is 1. The van der Waals surface area contributed by atoms with Crippen molar-refractivity contribution < 1.29 is 44.3 Å². The quantitative estimate of drug-likeness (QED) is 0.686. The molecule has 122 valence electrons. The van der Waals surface area contributed by atoms with Crippen LogP contribution in [0.4, 0.5) is 5.13 Å². The van der Waals surface area contributed by atoms with Gasteiger partial charge in [-0.15, -0.1) is 0 Å². The summed E-state index contributed by atoms with van der Waals surface area (Å²) in [6.07, 6.45) is 1.26. The Hall–Kier alpha value is -1.72. The zero-order valence-electron chi connectivity index (χ0n) is 13.7. The Morgan fingerprint density at radius 1 is 1.24 bits per heavy atom. The second-order valence-electron chi connectivity index (χ2n) is 5.69. The normalized spacial score (nSPS) is 18.8. The first-order valence-electron chi connectivity index (χ1n) is 7.56. The molecule has 1 aromatic heterocycles. The van der Waals surface area contributed by atoms with Crippen LogP contribution in [-0.4, -0.2) is 16.9 Å². The minimum atomic E-state index is -1.10. The van der Waals surface area contributed by atoms with Crippen molar-refractivity contribution in [3.05, 3.63) is 35.2 Å². The van der Waals surface area contributed by atoms with Gasteiger partial charge in [0.05, 0.1) is 0 Å². The van der Waals surface area contributed by atoms with Gasteiger partial charge in [0.1, 0.15) is 16.6 Å². The number of hydrogen-bond acceptors (Lipinski definition) is 6. The average molecular weight is 363 g/mol. The van der Waals surface area contributed by atoms with Crippen molar-refractivity contribution in [3.63, 3.8) is 0 Å². The summed E-state index contributed by atoms with van der Waals surface area (Å²) in [6.45, 7) is 0. The Morgan fingerprint density at radius 2 is 1.92 bits per heavy atom. The van der Waals surface area contributed by atoms with Crippen LogP contribution in [0, 0.1) is 23.2 Å². The monoisotopic (exact) mass is 363 g/mol. The summed E-state index contributed by atoms with van der Waals surface area (Å²) in [4.78, 5) is 27.9. The van der Waals surface area contributed by atoms with Crippen LogP contribution >= 0.6 is 11.3 Å². The van der Waals surface area contributed by atoms with Crippen LogP contribution < -0.4 is 40.0 Å². The number of nitrogens with one attached hydrogen (secondary N) is 1. The second kappa shape index (κ2) is 8.59. The number of aromatic nitrogens is 1. The minimum absolute atomic E-state index is 0. The molecule has 2 atom stereocenters. The van der Waals surface area contributed by atoms with E-state index in [0.29, 0.717) is 28.5 Å². The van der Waals surface area contributed by atoms with Gasteiger partial charge in [-0.25, -0.2) is 4.98 Å². The number of carbonyl (C=O) groups is 2. The van der Waals surface area contributed by atoms with Gasteiger partial charge in [-0.2, -0.15) is 5.26 Å². The average Bonchev–Trinajstić information content (AvgIpc) is 3.22. The Balaban J connectivity index is 0.00000225. The van der Waals surface area contributed by atoms with Crippen molar-refractivity contribution in [2.24, 2.45) is 11.8 Å². The third-order valence-electron chi connectivity index (χ3n) is 4.14. The SMILES string of the molecule is N#Cc1sc(NC(=O)[C@H]2CC[C@@H](C(=O)[O-])C2)nc1-c1ccccc1.[Na+]. The van der Waals surface area contributed by atoms with Crippen molar-refractivity contribution in [2.75, 3.05) is 5.32 Å². The van der Waals surface area contributed by atoms with Gasteiger partial charge in [0, 0.05) is 17.5 Å². The molecule has 6 nitrogen and oxygen atoms in total. The number of amides is 1. The van der Waals surface area contributed by atoms with E-state index >= 15 is 0 Å². The summed E-state index contributed by atoms with van der Waals surface area (Å²) >= 11 is 1.12. The van der Waals surface area contributed by atoms with E-state index in [2.05, 4.69) is 16.4 Å². The Kier molecular flexibility index (Phi) is 6.73. The molecule has 3 rings (SSSR count). The molecule has 25 heavy (non-hydrogen) atoms. The van der Waals surface area contributed by atoms with Crippen LogP contribution in [0.1, 0.15) is 24.1 Å². The Morgan fingerprint density at radius 3 is 2.52 bits per heavy atom. The summed E-state index contributed by atoms with van der Waals surface area (Å²) in [5.74, 6) is -2.27. The van der Waals surface area contributed by atoms with E-state index in [9.17, 15) is 20.0 Å². The van der Waals surface area contributed by atoms with E-state index in [4.69, 9.17) is 0 Å². The molecule has 8 heteroatoms. The first-order valence-corrected chi connectivity index (χ1v) is 8.38. The molecule has 0 bridgehead atoms.